The highest BCUT2D eigenvalue weighted by atomic mass is 14.3. The standard InChI is InChI=1S/C13H26/c1-5-10(2)12(4)11(3)9-13-7-6-8-13/h10-13H,5-9H2,1-4H3. The predicted molar refractivity (Wildman–Crippen MR) is 59.7 cm³/mol. The van der Waals surface area contributed by atoms with Crippen molar-refractivity contribution in [3.8, 4) is 0 Å². The van der Waals surface area contributed by atoms with Crippen LogP contribution in [-0.2, 0) is 0 Å². The second-order valence-electron chi connectivity index (χ2n) is 5.25. The number of rotatable bonds is 5. The lowest BCUT2D eigenvalue weighted by Crippen LogP contribution is -2.22. The van der Waals surface area contributed by atoms with E-state index >= 15 is 0 Å². The Labute approximate surface area is 84.1 Å². The fraction of sp³-hybridized carbons (Fsp3) is 1.00. The van der Waals surface area contributed by atoms with Crippen LogP contribution in [0.4, 0.5) is 0 Å². The first-order chi connectivity index (χ1) is 6.15. The van der Waals surface area contributed by atoms with E-state index in [0.29, 0.717) is 0 Å². The maximum atomic E-state index is 2.45. The molecule has 0 amide bonds. The molecule has 0 aromatic rings. The lowest BCUT2D eigenvalue weighted by molar-refractivity contribution is 0.187. The summed E-state index contributed by atoms with van der Waals surface area (Å²) in [7, 11) is 0. The number of hydrogen-bond donors (Lipinski definition) is 0. The molecule has 1 fully saturated rings. The Balaban J connectivity index is 2.23. The van der Waals surface area contributed by atoms with Crippen molar-refractivity contribution in [2.75, 3.05) is 0 Å². The van der Waals surface area contributed by atoms with Gasteiger partial charge in [-0.3, -0.25) is 0 Å². The van der Waals surface area contributed by atoms with Crippen LogP contribution >= 0.6 is 0 Å². The van der Waals surface area contributed by atoms with E-state index in [2.05, 4.69) is 27.7 Å². The third kappa shape index (κ3) is 3.00. The number of hydrogen-bond acceptors (Lipinski definition) is 0. The molecule has 1 saturated carbocycles. The summed E-state index contributed by atoms with van der Waals surface area (Å²) in [5, 5.41) is 0. The quantitative estimate of drug-likeness (QED) is 0.587. The van der Waals surface area contributed by atoms with Crippen molar-refractivity contribution in [1.29, 1.82) is 0 Å². The molecule has 0 aromatic heterocycles. The molecule has 0 nitrogen and oxygen atoms in total. The molecular weight excluding hydrogens is 156 g/mol. The molecule has 0 spiro atoms. The Kier molecular flexibility index (Phi) is 4.28. The molecule has 3 atom stereocenters. The van der Waals surface area contributed by atoms with E-state index in [4.69, 9.17) is 0 Å². The Morgan fingerprint density at radius 1 is 1.08 bits per heavy atom. The SMILES string of the molecule is CCC(C)C(C)C(C)CC1CCC1. The van der Waals surface area contributed by atoms with Gasteiger partial charge in [-0.25, -0.2) is 0 Å². The molecule has 0 aromatic carbocycles. The molecule has 0 heterocycles. The zero-order valence-electron chi connectivity index (χ0n) is 9.84. The van der Waals surface area contributed by atoms with Crippen LogP contribution in [0.2, 0.25) is 0 Å². The van der Waals surface area contributed by atoms with Crippen molar-refractivity contribution in [2.24, 2.45) is 23.7 Å². The van der Waals surface area contributed by atoms with Crippen LogP contribution in [0, 0.1) is 23.7 Å². The monoisotopic (exact) mass is 182 g/mol. The zero-order chi connectivity index (χ0) is 9.84. The summed E-state index contributed by atoms with van der Waals surface area (Å²) in [6, 6.07) is 0. The van der Waals surface area contributed by atoms with Crippen LogP contribution in [0.15, 0.2) is 0 Å². The molecule has 1 aliphatic rings. The van der Waals surface area contributed by atoms with Crippen LogP contribution in [0.3, 0.4) is 0 Å². The Bertz CT molecular complexity index is 135. The summed E-state index contributed by atoms with van der Waals surface area (Å²) in [5.41, 5.74) is 0. The third-order valence-electron chi connectivity index (χ3n) is 4.37. The predicted octanol–water partition coefficient (Wildman–Crippen LogP) is 4.49. The maximum Gasteiger partial charge on any atom is -0.0391 e. The van der Waals surface area contributed by atoms with E-state index in [0.717, 1.165) is 23.7 Å². The second kappa shape index (κ2) is 5.02. The van der Waals surface area contributed by atoms with Crippen molar-refractivity contribution in [3.05, 3.63) is 0 Å². The van der Waals surface area contributed by atoms with E-state index in [1.165, 1.54) is 32.1 Å². The minimum Gasteiger partial charge on any atom is -0.0651 e. The van der Waals surface area contributed by atoms with Gasteiger partial charge < -0.3 is 0 Å². The molecule has 0 heteroatoms. The normalized spacial score (nSPS) is 24.9. The van der Waals surface area contributed by atoms with E-state index < -0.39 is 0 Å². The fourth-order valence-electron chi connectivity index (χ4n) is 2.40. The van der Waals surface area contributed by atoms with Gasteiger partial charge in [0.2, 0.25) is 0 Å². The van der Waals surface area contributed by atoms with E-state index in [9.17, 15) is 0 Å². The van der Waals surface area contributed by atoms with Crippen molar-refractivity contribution in [2.45, 2.75) is 59.8 Å². The Morgan fingerprint density at radius 3 is 2.08 bits per heavy atom. The van der Waals surface area contributed by atoms with Crippen LogP contribution in [-0.4, -0.2) is 0 Å². The first kappa shape index (κ1) is 11.1. The average molecular weight is 182 g/mol. The summed E-state index contributed by atoms with van der Waals surface area (Å²) < 4.78 is 0. The average Bonchev–Trinajstić information content (AvgIpc) is 2.08. The Hall–Kier alpha value is 0. The van der Waals surface area contributed by atoms with Crippen molar-refractivity contribution >= 4 is 0 Å². The molecular formula is C13H26. The molecule has 13 heavy (non-hydrogen) atoms. The Morgan fingerprint density at radius 2 is 1.69 bits per heavy atom. The smallest absolute Gasteiger partial charge is 0.0391 e. The van der Waals surface area contributed by atoms with Gasteiger partial charge >= 0.3 is 0 Å². The van der Waals surface area contributed by atoms with Gasteiger partial charge in [0.25, 0.3) is 0 Å². The highest BCUT2D eigenvalue weighted by molar-refractivity contribution is 4.75. The highest BCUT2D eigenvalue weighted by Gasteiger charge is 2.24. The minimum atomic E-state index is 0.912. The largest absolute Gasteiger partial charge is 0.0651 e. The van der Waals surface area contributed by atoms with Crippen LogP contribution in [0.25, 0.3) is 0 Å². The third-order valence-corrected chi connectivity index (χ3v) is 4.37. The van der Waals surface area contributed by atoms with Crippen molar-refractivity contribution < 1.29 is 0 Å². The van der Waals surface area contributed by atoms with Gasteiger partial charge in [0.05, 0.1) is 0 Å². The van der Waals surface area contributed by atoms with Gasteiger partial charge in [-0.05, 0) is 30.1 Å². The molecule has 0 saturated heterocycles. The highest BCUT2D eigenvalue weighted by Crippen LogP contribution is 2.36. The summed E-state index contributed by atoms with van der Waals surface area (Å²) >= 11 is 0. The van der Waals surface area contributed by atoms with E-state index in [-0.39, 0.29) is 0 Å². The summed E-state index contributed by atoms with van der Waals surface area (Å²) in [4.78, 5) is 0. The van der Waals surface area contributed by atoms with Crippen LogP contribution in [0.1, 0.15) is 59.8 Å². The molecule has 1 aliphatic carbocycles. The second-order valence-corrected chi connectivity index (χ2v) is 5.25. The van der Waals surface area contributed by atoms with Gasteiger partial charge in [-0.1, -0.05) is 53.4 Å². The van der Waals surface area contributed by atoms with E-state index in [1.54, 1.807) is 0 Å². The summed E-state index contributed by atoms with van der Waals surface area (Å²) in [5.74, 6) is 3.86. The molecule has 78 valence electrons. The molecule has 0 radical (unpaired) electrons. The fourth-order valence-corrected chi connectivity index (χ4v) is 2.40. The molecule has 0 bridgehead atoms. The molecule has 0 N–H and O–H groups in total. The first-order valence-electron chi connectivity index (χ1n) is 6.15. The van der Waals surface area contributed by atoms with E-state index in [1.807, 2.05) is 0 Å². The van der Waals surface area contributed by atoms with Crippen LogP contribution in [0.5, 0.6) is 0 Å². The lowest BCUT2D eigenvalue weighted by Gasteiger charge is -2.32. The van der Waals surface area contributed by atoms with Gasteiger partial charge in [-0.15, -0.1) is 0 Å². The van der Waals surface area contributed by atoms with Crippen LogP contribution < -0.4 is 0 Å². The van der Waals surface area contributed by atoms with Gasteiger partial charge in [0.15, 0.2) is 0 Å². The lowest BCUT2D eigenvalue weighted by atomic mass is 9.73. The summed E-state index contributed by atoms with van der Waals surface area (Å²) in [6.07, 6.45) is 7.35. The maximum absolute atomic E-state index is 2.45. The van der Waals surface area contributed by atoms with Gasteiger partial charge in [0, 0.05) is 0 Å². The first-order valence-corrected chi connectivity index (χ1v) is 6.15. The van der Waals surface area contributed by atoms with Crippen molar-refractivity contribution in [3.63, 3.8) is 0 Å². The zero-order valence-corrected chi connectivity index (χ0v) is 9.84. The molecule has 3 unspecified atom stereocenters. The van der Waals surface area contributed by atoms with Gasteiger partial charge in [-0.2, -0.15) is 0 Å². The topological polar surface area (TPSA) is 0 Å². The molecule has 0 aliphatic heterocycles. The summed E-state index contributed by atoms with van der Waals surface area (Å²) in [6.45, 7) is 9.62. The van der Waals surface area contributed by atoms with Gasteiger partial charge in [0.1, 0.15) is 0 Å². The van der Waals surface area contributed by atoms with Crippen molar-refractivity contribution in [1.82, 2.24) is 0 Å². The molecule has 1 rings (SSSR count). The minimum absolute atomic E-state index is 0.912.